The van der Waals surface area contributed by atoms with Crippen LogP contribution in [-0.2, 0) is 20.0 Å². The number of aliphatic hydroxyl groups is 1. The third-order valence-electron chi connectivity index (χ3n) is 7.94. The molecule has 0 bridgehead atoms. The molecule has 5 rings (SSSR count). The molecule has 0 aliphatic carbocycles. The number of anilines is 1. The largest absolute Gasteiger partial charge is 0.490 e. The summed E-state index contributed by atoms with van der Waals surface area (Å²) < 4.78 is 23.2. The molecule has 2 aliphatic rings. The summed E-state index contributed by atoms with van der Waals surface area (Å²) >= 11 is 0. The van der Waals surface area contributed by atoms with Crippen molar-refractivity contribution in [2.24, 2.45) is 7.05 Å². The average molecular weight is 550 g/mol. The smallest absolute Gasteiger partial charge is 0.278 e. The SMILES string of the molecule is Cn1nc(C(=O)N2CCc3c(-c4cccc(OCCCN5CCCC5)c4F)cccc32)cc1CNC(C)(C)CO. The zero-order chi connectivity index (χ0) is 28.3. The quantitative estimate of drug-likeness (QED) is 0.350. The number of aryl methyl sites for hydroxylation is 1. The Kier molecular flexibility index (Phi) is 8.54. The van der Waals surface area contributed by atoms with Gasteiger partial charge in [0.15, 0.2) is 17.3 Å². The molecule has 8 nitrogen and oxygen atoms in total. The number of nitrogens with zero attached hydrogens (tertiary/aromatic N) is 4. The van der Waals surface area contributed by atoms with Crippen LogP contribution in [-0.4, -0.2) is 70.6 Å². The molecule has 9 heteroatoms. The van der Waals surface area contributed by atoms with Crippen molar-refractivity contribution in [1.82, 2.24) is 20.0 Å². The Balaban J connectivity index is 1.30. The molecule has 3 aromatic rings. The van der Waals surface area contributed by atoms with Gasteiger partial charge in [-0.2, -0.15) is 5.10 Å². The number of carbonyl (C=O) groups is 1. The van der Waals surface area contributed by atoms with Crippen LogP contribution in [0.2, 0.25) is 0 Å². The number of benzene rings is 2. The molecule has 1 saturated heterocycles. The first kappa shape index (κ1) is 28.3. The zero-order valence-electron chi connectivity index (χ0n) is 23.8. The predicted molar refractivity (Wildman–Crippen MR) is 154 cm³/mol. The molecule has 0 saturated carbocycles. The summed E-state index contributed by atoms with van der Waals surface area (Å²) in [4.78, 5) is 17.7. The van der Waals surface area contributed by atoms with Crippen LogP contribution in [0.15, 0.2) is 42.5 Å². The number of carbonyl (C=O) groups excluding carboxylic acids is 1. The fraction of sp³-hybridized carbons (Fsp3) is 0.484. The van der Waals surface area contributed by atoms with Gasteiger partial charge in [0.05, 0.1) is 18.9 Å². The van der Waals surface area contributed by atoms with Crippen molar-refractivity contribution in [3.63, 3.8) is 0 Å². The van der Waals surface area contributed by atoms with Crippen molar-refractivity contribution < 1.29 is 19.0 Å². The topological polar surface area (TPSA) is 82.9 Å². The van der Waals surface area contributed by atoms with Gasteiger partial charge in [-0.15, -0.1) is 0 Å². The van der Waals surface area contributed by atoms with Crippen LogP contribution in [0.4, 0.5) is 10.1 Å². The highest BCUT2D eigenvalue weighted by Gasteiger charge is 2.30. The van der Waals surface area contributed by atoms with E-state index >= 15 is 4.39 Å². The van der Waals surface area contributed by atoms with Crippen molar-refractivity contribution in [2.45, 2.75) is 51.6 Å². The maximum atomic E-state index is 15.7. The molecule has 2 N–H and O–H groups in total. The van der Waals surface area contributed by atoms with Gasteiger partial charge in [-0.05, 0) is 81.9 Å². The molecule has 1 fully saturated rings. The van der Waals surface area contributed by atoms with Crippen molar-refractivity contribution in [3.8, 4) is 16.9 Å². The van der Waals surface area contributed by atoms with E-state index in [-0.39, 0.29) is 24.1 Å². The van der Waals surface area contributed by atoms with Gasteiger partial charge >= 0.3 is 0 Å². The Morgan fingerprint density at radius 3 is 2.65 bits per heavy atom. The van der Waals surface area contributed by atoms with E-state index in [9.17, 15) is 9.90 Å². The lowest BCUT2D eigenvalue weighted by Gasteiger charge is -2.23. The molecule has 1 amide bonds. The first-order valence-corrected chi connectivity index (χ1v) is 14.2. The molecule has 40 heavy (non-hydrogen) atoms. The Bertz CT molecular complexity index is 1350. The molecule has 3 heterocycles. The van der Waals surface area contributed by atoms with Gasteiger partial charge in [0.1, 0.15) is 0 Å². The van der Waals surface area contributed by atoms with Gasteiger partial charge in [-0.1, -0.05) is 24.3 Å². The Morgan fingerprint density at radius 1 is 1.12 bits per heavy atom. The van der Waals surface area contributed by atoms with Crippen LogP contribution in [0.1, 0.15) is 54.9 Å². The van der Waals surface area contributed by atoms with Crippen molar-refractivity contribution in [3.05, 3.63) is 65.2 Å². The molecule has 2 aliphatic heterocycles. The summed E-state index contributed by atoms with van der Waals surface area (Å²) in [6, 6.07) is 12.8. The number of ether oxygens (including phenoxy) is 1. The summed E-state index contributed by atoms with van der Waals surface area (Å²) in [6.07, 6.45) is 4.01. The predicted octanol–water partition coefficient (Wildman–Crippen LogP) is 4.15. The fourth-order valence-electron chi connectivity index (χ4n) is 5.50. The van der Waals surface area contributed by atoms with E-state index in [4.69, 9.17) is 4.74 Å². The molecule has 0 radical (unpaired) electrons. The Labute approximate surface area is 235 Å². The fourth-order valence-corrected chi connectivity index (χ4v) is 5.50. The second-order valence-electron chi connectivity index (χ2n) is 11.4. The lowest BCUT2D eigenvalue weighted by molar-refractivity contribution is 0.0984. The zero-order valence-corrected chi connectivity index (χ0v) is 23.8. The maximum absolute atomic E-state index is 15.7. The summed E-state index contributed by atoms with van der Waals surface area (Å²) in [6.45, 7) is 8.54. The van der Waals surface area contributed by atoms with Crippen LogP contribution in [0.25, 0.3) is 11.1 Å². The number of aromatic nitrogens is 2. The summed E-state index contributed by atoms with van der Waals surface area (Å²) in [7, 11) is 1.81. The van der Waals surface area contributed by atoms with E-state index in [0.717, 1.165) is 48.6 Å². The number of fused-ring (bicyclic) bond motifs is 1. The lowest BCUT2D eigenvalue weighted by atomic mass is 9.97. The van der Waals surface area contributed by atoms with E-state index in [1.165, 1.54) is 12.8 Å². The number of rotatable bonds is 11. The van der Waals surface area contributed by atoms with E-state index in [0.29, 0.717) is 37.4 Å². The number of nitrogens with one attached hydrogen (secondary N) is 1. The van der Waals surface area contributed by atoms with Gasteiger partial charge < -0.3 is 25.0 Å². The van der Waals surface area contributed by atoms with Gasteiger partial charge in [-0.25, -0.2) is 4.39 Å². The highest BCUT2D eigenvalue weighted by molar-refractivity contribution is 6.06. The number of hydrogen-bond acceptors (Lipinski definition) is 6. The molecular formula is C31H40FN5O3. The van der Waals surface area contributed by atoms with Gasteiger partial charge in [0.2, 0.25) is 0 Å². The van der Waals surface area contributed by atoms with Crippen LogP contribution < -0.4 is 15.0 Å². The van der Waals surface area contributed by atoms with Crippen LogP contribution in [0.5, 0.6) is 5.75 Å². The van der Waals surface area contributed by atoms with Crippen LogP contribution in [0.3, 0.4) is 0 Å². The monoisotopic (exact) mass is 549 g/mol. The maximum Gasteiger partial charge on any atom is 0.278 e. The summed E-state index contributed by atoms with van der Waals surface area (Å²) in [5.74, 6) is -0.286. The van der Waals surface area contributed by atoms with Gasteiger partial charge in [0.25, 0.3) is 5.91 Å². The van der Waals surface area contributed by atoms with Gasteiger partial charge in [-0.3, -0.25) is 9.48 Å². The number of aliphatic hydroxyl groups excluding tert-OH is 1. The normalized spacial score (nSPS) is 15.6. The average Bonchev–Trinajstić information content (AvgIpc) is 3.70. The molecule has 1 aromatic heterocycles. The second-order valence-corrected chi connectivity index (χ2v) is 11.4. The number of amides is 1. The number of hydrogen-bond donors (Lipinski definition) is 2. The molecular weight excluding hydrogens is 509 g/mol. The molecule has 0 spiro atoms. The first-order chi connectivity index (χ1) is 19.3. The highest BCUT2D eigenvalue weighted by Crippen LogP contribution is 2.39. The van der Waals surface area contributed by atoms with E-state index in [1.54, 1.807) is 34.8 Å². The van der Waals surface area contributed by atoms with E-state index in [2.05, 4.69) is 15.3 Å². The van der Waals surface area contributed by atoms with Crippen LogP contribution >= 0.6 is 0 Å². The summed E-state index contributed by atoms with van der Waals surface area (Å²) in [5.41, 5.74) is 3.76. The second kappa shape index (κ2) is 12.1. The third-order valence-corrected chi connectivity index (χ3v) is 7.94. The van der Waals surface area contributed by atoms with Crippen LogP contribution in [0, 0.1) is 5.82 Å². The van der Waals surface area contributed by atoms with E-state index in [1.807, 2.05) is 38.1 Å². The lowest BCUT2D eigenvalue weighted by Crippen LogP contribution is -2.42. The van der Waals surface area contributed by atoms with Gasteiger partial charge in [0, 0.05) is 43.5 Å². The van der Waals surface area contributed by atoms with Crippen molar-refractivity contribution in [2.75, 3.05) is 44.3 Å². The third kappa shape index (κ3) is 6.06. The molecule has 0 atom stereocenters. The van der Waals surface area contributed by atoms with E-state index < -0.39 is 5.54 Å². The van der Waals surface area contributed by atoms with Crippen molar-refractivity contribution >= 4 is 11.6 Å². The standard InChI is InChI=1S/C31H40FN5O3/c1-31(2,21-38)33-20-22-19-26(34-35(22)3)30(39)37-17-13-24-23(9-6-11-27(24)37)25-10-7-12-28(29(25)32)40-18-8-16-36-14-4-5-15-36/h6-7,9-12,19,33,38H,4-5,8,13-18,20-21H2,1-3H3. The number of likely N-dealkylation sites (tertiary alicyclic amines) is 1. The minimum absolute atomic E-state index is 0.00208. The van der Waals surface area contributed by atoms with Crippen molar-refractivity contribution in [1.29, 1.82) is 0 Å². The molecule has 2 aromatic carbocycles. The minimum Gasteiger partial charge on any atom is -0.490 e. The Hall–Kier alpha value is -3.27. The summed E-state index contributed by atoms with van der Waals surface area (Å²) in [5, 5.41) is 17.3. The first-order valence-electron chi connectivity index (χ1n) is 14.2. The number of halogens is 1. The minimum atomic E-state index is -0.441. The molecule has 214 valence electrons. The Morgan fingerprint density at radius 2 is 1.88 bits per heavy atom. The highest BCUT2D eigenvalue weighted by atomic mass is 19.1. The molecule has 0 unspecified atom stereocenters.